The molecule has 31 heavy (non-hydrogen) atoms. The van der Waals surface area contributed by atoms with Crippen molar-refractivity contribution in [2.75, 3.05) is 0 Å². The van der Waals surface area contributed by atoms with E-state index in [1.165, 1.54) is 24.5 Å². The molecule has 0 atom stereocenters. The fraction of sp³-hybridized carbons (Fsp3) is 0.400. The molecular formula is C20H21F3N4O3S. The molecule has 1 aliphatic rings. The van der Waals surface area contributed by atoms with E-state index in [9.17, 15) is 21.6 Å². The number of hydrogen-bond donors (Lipinski definition) is 1. The highest BCUT2D eigenvalue weighted by molar-refractivity contribution is 7.89. The Morgan fingerprint density at radius 1 is 1.16 bits per heavy atom. The molecule has 1 aromatic carbocycles. The number of ether oxygens (including phenoxy) is 1. The second kappa shape index (κ2) is 7.79. The van der Waals surface area contributed by atoms with Gasteiger partial charge in [0, 0.05) is 23.5 Å². The number of alkyl halides is 3. The van der Waals surface area contributed by atoms with Crippen molar-refractivity contribution in [3.63, 3.8) is 0 Å². The van der Waals surface area contributed by atoms with E-state index in [-0.39, 0.29) is 22.7 Å². The van der Waals surface area contributed by atoms with Gasteiger partial charge in [0.25, 0.3) is 0 Å². The first-order valence-corrected chi connectivity index (χ1v) is 11.3. The maximum Gasteiger partial charge on any atom is 0.573 e. The molecule has 0 unspecified atom stereocenters. The van der Waals surface area contributed by atoms with Crippen LogP contribution >= 0.6 is 0 Å². The van der Waals surface area contributed by atoms with Crippen molar-refractivity contribution in [3.05, 3.63) is 36.7 Å². The molecule has 2 aromatic heterocycles. The molecular weight excluding hydrogens is 433 g/mol. The van der Waals surface area contributed by atoms with Crippen LogP contribution in [-0.4, -0.2) is 35.4 Å². The van der Waals surface area contributed by atoms with Crippen molar-refractivity contribution < 1.29 is 26.3 Å². The smallest absolute Gasteiger partial charge is 0.406 e. The number of hydrogen-bond acceptors (Lipinski definition) is 5. The topological polar surface area (TPSA) is 86.1 Å². The Labute approximate surface area is 177 Å². The van der Waals surface area contributed by atoms with Crippen LogP contribution in [0.4, 0.5) is 13.2 Å². The number of halogens is 3. The van der Waals surface area contributed by atoms with Crippen LogP contribution in [0.1, 0.15) is 39.2 Å². The highest BCUT2D eigenvalue weighted by atomic mass is 32.2. The zero-order chi connectivity index (χ0) is 22.4. The van der Waals surface area contributed by atoms with Gasteiger partial charge >= 0.3 is 6.36 Å². The molecule has 0 aliphatic heterocycles. The van der Waals surface area contributed by atoms with Crippen molar-refractivity contribution in [1.29, 1.82) is 0 Å². The summed E-state index contributed by atoms with van der Waals surface area (Å²) in [5, 5.41) is 0.721. The van der Waals surface area contributed by atoms with Crippen molar-refractivity contribution in [2.24, 2.45) is 0 Å². The maximum absolute atomic E-state index is 12.7. The standard InChI is InChI=1S/C20H21F3N4O3S/c1-12(2)26-31(28,29)16-10-24-19(25-11-16)18-8-13-6-7-15(30-20(21,22)23)9-17(13)27(18)14-4-3-5-14/h6-12,14,26H,3-5H2,1-2H3. The molecule has 7 nitrogen and oxygen atoms in total. The van der Waals surface area contributed by atoms with Gasteiger partial charge in [0.05, 0.1) is 23.6 Å². The van der Waals surface area contributed by atoms with Crippen LogP contribution in [0.5, 0.6) is 5.75 Å². The molecule has 2 heterocycles. The van der Waals surface area contributed by atoms with Gasteiger partial charge in [-0.05, 0) is 51.3 Å². The minimum atomic E-state index is -4.78. The summed E-state index contributed by atoms with van der Waals surface area (Å²) in [5.74, 6) is -0.00257. The highest BCUT2D eigenvalue weighted by Crippen LogP contribution is 2.40. The lowest BCUT2D eigenvalue weighted by Crippen LogP contribution is -2.30. The third-order valence-corrected chi connectivity index (χ3v) is 6.66. The maximum atomic E-state index is 12.7. The van der Waals surface area contributed by atoms with Gasteiger partial charge in [0.15, 0.2) is 5.82 Å². The third kappa shape index (κ3) is 4.52. The number of sulfonamides is 1. The molecule has 4 rings (SSSR count). The zero-order valence-corrected chi connectivity index (χ0v) is 17.7. The Bertz CT molecular complexity index is 1200. The average Bonchev–Trinajstić information content (AvgIpc) is 2.97. The number of nitrogens with zero attached hydrogens (tertiary/aromatic N) is 3. The van der Waals surface area contributed by atoms with E-state index in [2.05, 4.69) is 19.4 Å². The molecule has 0 bridgehead atoms. The summed E-state index contributed by atoms with van der Waals surface area (Å²) in [6, 6.07) is 5.79. The number of nitrogens with one attached hydrogen (secondary N) is 1. The van der Waals surface area contributed by atoms with Crippen LogP contribution in [-0.2, 0) is 10.0 Å². The van der Waals surface area contributed by atoms with Gasteiger partial charge in [-0.2, -0.15) is 0 Å². The Hall–Kier alpha value is -2.66. The summed E-state index contributed by atoms with van der Waals surface area (Å²) in [6.07, 6.45) is 0.458. The minimum Gasteiger partial charge on any atom is -0.406 e. The van der Waals surface area contributed by atoms with E-state index in [0.29, 0.717) is 17.0 Å². The second-order valence-corrected chi connectivity index (χ2v) is 9.49. The van der Waals surface area contributed by atoms with Crippen molar-refractivity contribution in [2.45, 2.75) is 56.5 Å². The number of rotatable bonds is 6. The molecule has 1 saturated carbocycles. The van der Waals surface area contributed by atoms with Crippen molar-refractivity contribution >= 4 is 20.9 Å². The van der Waals surface area contributed by atoms with E-state index in [1.807, 2.05) is 4.57 Å². The predicted molar refractivity (Wildman–Crippen MR) is 108 cm³/mol. The lowest BCUT2D eigenvalue weighted by atomic mass is 9.92. The molecule has 0 saturated heterocycles. The molecule has 1 N–H and O–H groups in total. The number of fused-ring (bicyclic) bond motifs is 1. The Kier molecular flexibility index (Phi) is 5.42. The summed E-state index contributed by atoms with van der Waals surface area (Å²) in [5.41, 5.74) is 1.20. The van der Waals surface area contributed by atoms with E-state index >= 15 is 0 Å². The zero-order valence-electron chi connectivity index (χ0n) is 16.8. The quantitative estimate of drug-likeness (QED) is 0.596. The summed E-state index contributed by atoms with van der Waals surface area (Å²) >= 11 is 0. The lowest BCUT2D eigenvalue weighted by Gasteiger charge is -2.29. The molecule has 1 fully saturated rings. The van der Waals surface area contributed by atoms with Gasteiger partial charge in [-0.1, -0.05) is 0 Å². The van der Waals surface area contributed by atoms with E-state index in [4.69, 9.17) is 0 Å². The average molecular weight is 454 g/mol. The third-order valence-electron chi connectivity index (χ3n) is 5.05. The van der Waals surface area contributed by atoms with Crippen LogP contribution in [0.3, 0.4) is 0 Å². The van der Waals surface area contributed by atoms with Gasteiger partial charge in [0.2, 0.25) is 10.0 Å². The minimum absolute atomic E-state index is 0.0582. The summed E-state index contributed by atoms with van der Waals surface area (Å²) < 4.78 is 71.1. The van der Waals surface area contributed by atoms with Crippen LogP contribution < -0.4 is 9.46 Å². The van der Waals surface area contributed by atoms with Crippen LogP contribution in [0.2, 0.25) is 0 Å². The van der Waals surface area contributed by atoms with Crippen LogP contribution in [0.25, 0.3) is 22.4 Å². The Morgan fingerprint density at radius 2 is 1.84 bits per heavy atom. The van der Waals surface area contributed by atoms with Crippen LogP contribution in [0.15, 0.2) is 41.6 Å². The number of benzene rings is 1. The lowest BCUT2D eigenvalue weighted by molar-refractivity contribution is -0.274. The Morgan fingerprint density at radius 3 is 2.39 bits per heavy atom. The molecule has 11 heteroatoms. The van der Waals surface area contributed by atoms with Crippen molar-refractivity contribution in [3.8, 4) is 17.3 Å². The summed E-state index contributed by atoms with van der Waals surface area (Å²) in [7, 11) is -3.73. The molecule has 0 spiro atoms. The Balaban J connectivity index is 1.76. The van der Waals surface area contributed by atoms with Crippen molar-refractivity contribution in [1.82, 2.24) is 19.3 Å². The predicted octanol–water partition coefficient (Wildman–Crippen LogP) is 4.41. The summed E-state index contributed by atoms with van der Waals surface area (Å²) in [6.45, 7) is 3.42. The van der Waals surface area contributed by atoms with Gasteiger partial charge in [0.1, 0.15) is 10.6 Å². The fourth-order valence-corrected chi connectivity index (χ4v) is 4.71. The highest BCUT2D eigenvalue weighted by Gasteiger charge is 2.32. The monoisotopic (exact) mass is 454 g/mol. The second-order valence-electron chi connectivity index (χ2n) is 7.77. The normalized spacial score (nSPS) is 15.4. The molecule has 1 aliphatic carbocycles. The molecule has 3 aromatic rings. The first-order valence-electron chi connectivity index (χ1n) is 9.79. The molecule has 0 amide bonds. The summed E-state index contributed by atoms with van der Waals surface area (Å²) in [4.78, 5) is 8.42. The molecule has 166 valence electrons. The van der Waals surface area contributed by atoms with Crippen LogP contribution in [0, 0.1) is 0 Å². The first kappa shape index (κ1) is 21.6. The van der Waals surface area contributed by atoms with Gasteiger partial charge in [-0.25, -0.2) is 23.1 Å². The molecule has 0 radical (unpaired) electrons. The van der Waals surface area contributed by atoms with E-state index < -0.39 is 16.4 Å². The largest absolute Gasteiger partial charge is 0.573 e. The van der Waals surface area contributed by atoms with E-state index in [1.54, 1.807) is 26.0 Å². The fourth-order valence-electron chi connectivity index (χ4n) is 3.57. The van der Waals surface area contributed by atoms with Gasteiger partial charge < -0.3 is 9.30 Å². The SMILES string of the molecule is CC(C)NS(=O)(=O)c1cnc(-c2cc3ccc(OC(F)(F)F)cc3n2C2CCC2)nc1. The first-order chi connectivity index (χ1) is 14.5. The van der Waals surface area contributed by atoms with Gasteiger partial charge in [-0.15, -0.1) is 13.2 Å². The number of aromatic nitrogens is 3. The van der Waals surface area contributed by atoms with Gasteiger partial charge in [-0.3, -0.25) is 0 Å². The van der Waals surface area contributed by atoms with E-state index in [0.717, 1.165) is 24.6 Å².